The van der Waals surface area contributed by atoms with Crippen LogP contribution in [0.25, 0.3) is 0 Å². The molecular weight excluding hydrogens is 340 g/mol. The van der Waals surface area contributed by atoms with Crippen LogP contribution >= 0.6 is 15.9 Å². The van der Waals surface area contributed by atoms with Crippen molar-refractivity contribution >= 4 is 33.6 Å². The maximum atomic E-state index is 12.0. The number of carboxylic acid groups (broad SMARTS) is 1. The molecule has 2 rings (SSSR count). The SMILES string of the molecule is CN(Cc1ccco1)C(=O)Nc1cc(Br)cc(C(=O)O)c1. The van der Waals surface area contributed by atoms with Gasteiger partial charge in [0.1, 0.15) is 5.76 Å². The van der Waals surface area contributed by atoms with Gasteiger partial charge in [-0.05, 0) is 30.3 Å². The maximum Gasteiger partial charge on any atom is 0.335 e. The van der Waals surface area contributed by atoms with Crippen molar-refractivity contribution in [1.82, 2.24) is 4.90 Å². The molecule has 1 aromatic carbocycles. The van der Waals surface area contributed by atoms with Gasteiger partial charge in [-0.1, -0.05) is 15.9 Å². The number of furan rings is 1. The van der Waals surface area contributed by atoms with Gasteiger partial charge >= 0.3 is 12.0 Å². The lowest BCUT2D eigenvalue weighted by Crippen LogP contribution is -2.30. The summed E-state index contributed by atoms with van der Waals surface area (Å²) in [4.78, 5) is 24.5. The van der Waals surface area contributed by atoms with Crippen LogP contribution in [-0.2, 0) is 6.54 Å². The van der Waals surface area contributed by atoms with Crippen LogP contribution in [0, 0.1) is 0 Å². The van der Waals surface area contributed by atoms with E-state index in [0.717, 1.165) is 0 Å². The van der Waals surface area contributed by atoms with E-state index in [2.05, 4.69) is 21.2 Å². The van der Waals surface area contributed by atoms with E-state index < -0.39 is 5.97 Å². The average molecular weight is 353 g/mol. The predicted octanol–water partition coefficient (Wildman–Crippen LogP) is 3.40. The van der Waals surface area contributed by atoms with Gasteiger partial charge in [-0.3, -0.25) is 0 Å². The molecule has 0 aliphatic heterocycles. The molecule has 0 spiro atoms. The Bertz CT molecular complexity index is 655. The van der Waals surface area contributed by atoms with Crippen molar-refractivity contribution in [2.45, 2.75) is 6.54 Å². The molecule has 0 saturated carbocycles. The summed E-state index contributed by atoms with van der Waals surface area (Å²) < 4.78 is 5.74. The smallest absolute Gasteiger partial charge is 0.335 e. The lowest BCUT2D eigenvalue weighted by molar-refractivity contribution is 0.0697. The van der Waals surface area contributed by atoms with Gasteiger partial charge in [0.05, 0.1) is 18.4 Å². The molecule has 1 heterocycles. The topological polar surface area (TPSA) is 82.8 Å². The van der Waals surface area contributed by atoms with Crippen molar-refractivity contribution < 1.29 is 19.1 Å². The van der Waals surface area contributed by atoms with Crippen molar-refractivity contribution in [2.75, 3.05) is 12.4 Å². The number of carbonyl (C=O) groups excluding carboxylic acids is 1. The molecule has 1 aromatic heterocycles. The van der Waals surface area contributed by atoms with Crippen LogP contribution in [0.5, 0.6) is 0 Å². The Kier molecular flexibility index (Phi) is 4.64. The first-order chi connectivity index (χ1) is 9.95. The number of anilines is 1. The normalized spacial score (nSPS) is 10.2. The number of nitrogens with zero attached hydrogens (tertiary/aromatic N) is 1. The first kappa shape index (κ1) is 15.1. The lowest BCUT2D eigenvalue weighted by Gasteiger charge is -2.17. The quantitative estimate of drug-likeness (QED) is 0.883. The highest BCUT2D eigenvalue weighted by Gasteiger charge is 2.13. The fourth-order valence-corrected chi connectivity index (χ4v) is 2.21. The Hall–Kier alpha value is -2.28. The number of rotatable bonds is 4. The fraction of sp³-hybridized carbons (Fsp3) is 0.143. The van der Waals surface area contributed by atoms with Crippen LogP contribution in [0.4, 0.5) is 10.5 Å². The number of hydrogen-bond acceptors (Lipinski definition) is 3. The molecule has 0 unspecified atom stereocenters. The lowest BCUT2D eigenvalue weighted by atomic mass is 10.2. The number of hydrogen-bond donors (Lipinski definition) is 2. The van der Waals surface area contributed by atoms with Crippen LogP contribution in [0.2, 0.25) is 0 Å². The van der Waals surface area contributed by atoms with E-state index in [1.807, 2.05) is 0 Å². The van der Waals surface area contributed by atoms with Crippen molar-refractivity contribution in [3.63, 3.8) is 0 Å². The highest BCUT2D eigenvalue weighted by Crippen LogP contribution is 2.20. The Morgan fingerprint density at radius 3 is 2.76 bits per heavy atom. The van der Waals surface area contributed by atoms with Crippen LogP contribution in [0.3, 0.4) is 0 Å². The zero-order chi connectivity index (χ0) is 15.4. The monoisotopic (exact) mass is 352 g/mol. The molecule has 6 nitrogen and oxygen atoms in total. The van der Waals surface area contributed by atoms with Crippen LogP contribution < -0.4 is 5.32 Å². The van der Waals surface area contributed by atoms with Gasteiger partial charge < -0.3 is 19.7 Å². The summed E-state index contributed by atoms with van der Waals surface area (Å²) in [5.41, 5.74) is 0.492. The minimum atomic E-state index is -1.06. The highest BCUT2D eigenvalue weighted by molar-refractivity contribution is 9.10. The van der Waals surface area contributed by atoms with E-state index in [4.69, 9.17) is 9.52 Å². The summed E-state index contributed by atoms with van der Waals surface area (Å²) in [7, 11) is 1.62. The van der Waals surface area contributed by atoms with Crippen LogP contribution in [0.15, 0.2) is 45.5 Å². The van der Waals surface area contributed by atoms with E-state index >= 15 is 0 Å². The van der Waals surface area contributed by atoms with E-state index in [0.29, 0.717) is 22.5 Å². The summed E-state index contributed by atoms with van der Waals surface area (Å²) in [6.45, 7) is 0.318. The Morgan fingerprint density at radius 1 is 1.38 bits per heavy atom. The van der Waals surface area contributed by atoms with Crippen molar-refractivity contribution in [2.24, 2.45) is 0 Å². The first-order valence-corrected chi connectivity index (χ1v) is 6.83. The van der Waals surface area contributed by atoms with Gasteiger partial charge in [-0.25, -0.2) is 9.59 Å². The Morgan fingerprint density at radius 2 is 2.14 bits per heavy atom. The molecule has 7 heteroatoms. The molecule has 0 saturated heterocycles. The minimum Gasteiger partial charge on any atom is -0.478 e. The summed E-state index contributed by atoms with van der Waals surface area (Å²) in [5, 5.41) is 11.6. The second-order valence-electron chi connectivity index (χ2n) is 4.40. The molecule has 0 atom stereocenters. The van der Waals surface area contributed by atoms with E-state index in [1.165, 1.54) is 23.3 Å². The fourth-order valence-electron chi connectivity index (χ4n) is 1.71. The van der Waals surface area contributed by atoms with Gasteiger partial charge in [-0.2, -0.15) is 0 Å². The van der Waals surface area contributed by atoms with Crippen molar-refractivity contribution in [1.29, 1.82) is 0 Å². The molecule has 21 heavy (non-hydrogen) atoms. The van der Waals surface area contributed by atoms with Gasteiger partial charge in [0, 0.05) is 17.2 Å². The average Bonchev–Trinajstić information content (AvgIpc) is 2.90. The largest absolute Gasteiger partial charge is 0.478 e. The van der Waals surface area contributed by atoms with E-state index in [9.17, 15) is 9.59 Å². The second kappa shape index (κ2) is 6.45. The third-order valence-electron chi connectivity index (χ3n) is 2.72. The minimum absolute atomic E-state index is 0.0911. The Balaban J connectivity index is 2.06. The third kappa shape index (κ3) is 4.09. The number of halogens is 1. The molecule has 110 valence electrons. The summed E-state index contributed by atoms with van der Waals surface area (Å²) in [6, 6.07) is 7.64. The molecule has 0 aliphatic rings. The van der Waals surface area contributed by atoms with Gasteiger partial charge in [0.2, 0.25) is 0 Å². The first-order valence-electron chi connectivity index (χ1n) is 6.04. The van der Waals surface area contributed by atoms with Gasteiger partial charge in [0.15, 0.2) is 0 Å². The maximum absolute atomic E-state index is 12.0. The standard InChI is InChI=1S/C14H13BrN2O4/c1-17(8-12-3-2-4-21-12)14(20)16-11-6-9(13(18)19)5-10(15)7-11/h2-7H,8H2,1H3,(H,16,20)(H,18,19). The van der Waals surface area contributed by atoms with Crippen molar-refractivity contribution in [3.05, 3.63) is 52.4 Å². The summed E-state index contributed by atoms with van der Waals surface area (Å²) >= 11 is 3.21. The molecular formula is C14H13BrN2O4. The number of urea groups is 1. The number of amides is 2. The molecule has 0 aliphatic carbocycles. The van der Waals surface area contributed by atoms with Gasteiger partial charge in [0.25, 0.3) is 0 Å². The molecule has 2 amide bonds. The number of aromatic carboxylic acids is 1. The zero-order valence-corrected chi connectivity index (χ0v) is 12.8. The van der Waals surface area contributed by atoms with E-state index in [-0.39, 0.29) is 11.6 Å². The number of carboxylic acids is 1. The molecule has 0 fully saturated rings. The summed E-state index contributed by atoms with van der Waals surface area (Å²) in [6.07, 6.45) is 1.54. The number of nitrogens with one attached hydrogen (secondary N) is 1. The Labute approximate surface area is 129 Å². The summed E-state index contributed by atoms with van der Waals surface area (Å²) in [5.74, 6) is -0.399. The third-order valence-corrected chi connectivity index (χ3v) is 3.17. The van der Waals surface area contributed by atoms with Crippen molar-refractivity contribution in [3.8, 4) is 0 Å². The molecule has 2 N–H and O–H groups in total. The van der Waals surface area contributed by atoms with Crippen LogP contribution in [0.1, 0.15) is 16.1 Å². The van der Waals surface area contributed by atoms with E-state index in [1.54, 1.807) is 25.2 Å². The number of carbonyl (C=O) groups is 2. The van der Waals surface area contributed by atoms with Crippen LogP contribution in [-0.4, -0.2) is 29.1 Å². The molecule has 2 aromatic rings. The molecule has 0 bridgehead atoms. The number of benzene rings is 1. The van der Waals surface area contributed by atoms with Gasteiger partial charge in [-0.15, -0.1) is 0 Å². The molecule has 0 radical (unpaired) electrons. The highest BCUT2D eigenvalue weighted by atomic mass is 79.9. The predicted molar refractivity (Wildman–Crippen MR) is 80.3 cm³/mol. The zero-order valence-electron chi connectivity index (χ0n) is 11.2. The second-order valence-corrected chi connectivity index (χ2v) is 5.31.